The predicted octanol–water partition coefficient (Wildman–Crippen LogP) is 2.19. The number of rotatable bonds is 5. The third kappa shape index (κ3) is 6.90. The second-order valence-electron chi connectivity index (χ2n) is 7.38. The summed E-state index contributed by atoms with van der Waals surface area (Å²) in [7, 11) is 0. The smallest absolute Gasteiger partial charge is 0.407 e. The molecule has 2 rings (SSSR count). The zero-order valence-corrected chi connectivity index (χ0v) is 16.3. The molecule has 1 aromatic heterocycles. The molecule has 1 fully saturated rings. The number of likely N-dealkylation sites (tertiary alicyclic amines) is 1. The summed E-state index contributed by atoms with van der Waals surface area (Å²) in [6, 6.07) is 5.99. The van der Waals surface area contributed by atoms with Crippen molar-refractivity contribution in [2.45, 2.75) is 52.2 Å². The molecule has 7 nitrogen and oxygen atoms in total. The first-order chi connectivity index (χ1) is 12.4. The minimum Gasteiger partial charge on any atom is -0.444 e. The Labute approximate surface area is 156 Å². The minimum atomic E-state index is -0.482. The highest BCUT2D eigenvalue weighted by atomic mass is 16.6. The Balaban J connectivity index is 1.86. The number of guanidine groups is 1. The number of nitrogens with zero attached hydrogens (tertiary/aromatic N) is 3. The normalized spacial score (nSPS) is 17.9. The van der Waals surface area contributed by atoms with Gasteiger partial charge in [0.2, 0.25) is 0 Å². The molecule has 2 N–H and O–H groups in total. The first kappa shape index (κ1) is 20.0. The van der Waals surface area contributed by atoms with Gasteiger partial charge in [-0.15, -0.1) is 0 Å². The van der Waals surface area contributed by atoms with E-state index < -0.39 is 5.60 Å². The summed E-state index contributed by atoms with van der Waals surface area (Å²) in [5.74, 6) is 0.886. The molecular weight excluding hydrogens is 330 g/mol. The Kier molecular flexibility index (Phi) is 7.24. The monoisotopic (exact) mass is 361 g/mol. The van der Waals surface area contributed by atoms with Gasteiger partial charge >= 0.3 is 6.09 Å². The summed E-state index contributed by atoms with van der Waals surface area (Å²) in [5, 5.41) is 6.28. The average molecular weight is 361 g/mol. The highest BCUT2D eigenvalue weighted by molar-refractivity contribution is 5.80. The molecule has 2 heterocycles. The lowest BCUT2D eigenvalue weighted by atomic mass is 10.2. The van der Waals surface area contributed by atoms with Crippen molar-refractivity contribution in [1.82, 2.24) is 20.5 Å². The summed E-state index contributed by atoms with van der Waals surface area (Å²) < 4.78 is 5.34. The molecule has 0 saturated carbocycles. The molecule has 1 amide bonds. The Hall–Kier alpha value is -2.31. The number of carbonyl (C=O) groups excluding carboxylic acids is 1. The molecule has 26 heavy (non-hydrogen) atoms. The summed E-state index contributed by atoms with van der Waals surface area (Å²) in [6.45, 7) is 10.7. The maximum atomic E-state index is 11.9. The van der Waals surface area contributed by atoms with E-state index in [4.69, 9.17) is 9.73 Å². The van der Waals surface area contributed by atoms with Crippen LogP contribution in [0.4, 0.5) is 4.79 Å². The standard InChI is InChI=1S/C19H31N5O2/c1-5-20-17(22-12-9-15-8-6-7-11-21-15)24-13-10-16(14-24)23-18(25)26-19(2,3)4/h6-8,11,16H,5,9-10,12-14H2,1-4H3,(H,20,22)(H,23,25). The maximum absolute atomic E-state index is 11.9. The highest BCUT2D eigenvalue weighted by Crippen LogP contribution is 2.12. The van der Waals surface area contributed by atoms with Crippen LogP contribution < -0.4 is 10.6 Å². The first-order valence-electron chi connectivity index (χ1n) is 9.30. The molecule has 7 heteroatoms. The zero-order valence-electron chi connectivity index (χ0n) is 16.3. The molecule has 144 valence electrons. The fourth-order valence-corrected chi connectivity index (χ4v) is 2.79. The fraction of sp³-hybridized carbons (Fsp3) is 0.632. The van der Waals surface area contributed by atoms with Crippen LogP contribution in [0.15, 0.2) is 29.4 Å². The van der Waals surface area contributed by atoms with Crippen LogP contribution in [0.2, 0.25) is 0 Å². The van der Waals surface area contributed by atoms with Gasteiger partial charge in [-0.25, -0.2) is 4.79 Å². The van der Waals surface area contributed by atoms with E-state index in [1.165, 1.54) is 0 Å². The van der Waals surface area contributed by atoms with Crippen molar-refractivity contribution >= 4 is 12.1 Å². The van der Waals surface area contributed by atoms with Crippen LogP contribution in [0, 0.1) is 0 Å². The maximum Gasteiger partial charge on any atom is 0.407 e. The number of hydrogen-bond donors (Lipinski definition) is 2. The van der Waals surface area contributed by atoms with Gasteiger partial charge in [-0.3, -0.25) is 9.98 Å². The van der Waals surface area contributed by atoms with Crippen molar-refractivity contribution in [3.8, 4) is 0 Å². The molecule has 0 aliphatic carbocycles. The third-order valence-corrected chi connectivity index (χ3v) is 3.90. The summed E-state index contributed by atoms with van der Waals surface area (Å²) in [6.07, 6.45) is 3.13. The quantitative estimate of drug-likeness (QED) is 0.621. The minimum absolute atomic E-state index is 0.0736. The van der Waals surface area contributed by atoms with Crippen LogP contribution in [0.3, 0.4) is 0 Å². The van der Waals surface area contributed by atoms with Gasteiger partial charge in [0.05, 0.1) is 6.04 Å². The van der Waals surface area contributed by atoms with Crippen molar-refractivity contribution in [1.29, 1.82) is 0 Å². The molecule has 1 aliphatic heterocycles. The SMILES string of the molecule is CCNC(=NCCc1ccccn1)N1CCC(NC(=O)OC(C)(C)C)C1. The van der Waals surface area contributed by atoms with Crippen molar-refractivity contribution in [3.05, 3.63) is 30.1 Å². The van der Waals surface area contributed by atoms with E-state index in [2.05, 4.69) is 27.4 Å². The lowest BCUT2D eigenvalue weighted by Crippen LogP contribution is -2.44. The second-order valence-corrected chi connectivity index (χ2v) is 7.38. The van der Waals surface area contributed by atoms with Crippen molar-refractivity contribution in [3.63, 3.8) is 0 Å². The highest BCUT2D eigenvalue weighted by Gasteiger charge is 2.27. The van der Waals surface area contributed by atoms with Crippen molar-refractivity contribution in [2.75, 3.05) is 26.2 Å². The molecule has 1 unspecified atom stereocenters. The molecule has 1 atom stereocenters. The molecule has 1 saturated heterocycles. The molecule has 0 aromatic carbocycles. The van der Waals surface area contributed by atoms with Gasteiger partial charge < -0.3 is 20.3 Å². The number of alkyl carbamates (subject to hydrolysis) is 1. The molecule has 1 aliphatic rings. The van der Waals surface area contributed by atoms with E-state index in [1.807, 2.05) is 39.0 Å². The van der Waals surface area contributed by atoms with Crippen LogP contribution in [-0.4, -0.2) is 59.8 Å². The van der Waals surface area contributed by atoms with Gasteiger partial charge in [0.25, 0.3) is 0 Å². The number of amides is 1. The zero-order chi connectivity index (χ0) is 19.0. The topological polar surface area (TPSA) is 78.9 Å². The van der Waals surface area contributed by atoms with Gasteiger partial charge in [-0.1, -0.05) is 6.07 Å². The average Bonchev–Trinajstić information content (AvgIpc) is 3.01. The Bertz CT molecular complexity index is 598. The van der Waals surface area contributed by atoms with Gasteiger partial charge in [0.15, 0.2) is 5.96 Å². The lowest BCUT2D eigenvalue weighted by molar-refractivity contribution is 0.0507. The Morgan fingerprint density at radius 3 is 2.88 bits per heavy atom. The first-order valence-corrected chi connectivity index (χ1v) is 9.30. The van der Waals surface area contributed by atoms with Gasteiger partial charge in [0, 0.05) is 44.5 Å². The van der Waals surface area contributed by atoms with E-state index >= 15 is 0 Å². The number of carbonyl (C=O) groups is 1. The molecular formula is C19H31N5O2. The van der Waals surface area contributed by atoms with E-state index in [1.54, 1.807) is 6.20 Å². The summed E-state index contributed by atoms with van der Waals surface area (Å²) >= 11 is 0. The number of nitrogens with one attached hydrogen (secondary N) is 2. The number of pyridine rings is 1. The van der Waals surface area contributed by atoms with E-state index in [9.17, 15) is 4.79 Å². The largest absolute Gasteiger partial charge is 0.444 e. The number of aromatic nitrogens is 1. The van der Waals surface area contributed by atoms with Crippen LogP contribution in [-0.2, 0) is 11.2 Å². The van der Waals surface area contributed by atoms with E-state index in [0.717, 1.165) is 44.1 Å². The van der Waals surface area contributed by atoms with Crippen molar-refractivity contribution in [2.24, 2.45) is 4.99 Å². The van der Waals surface area contributed by atoms with Crippen molar-refractivity contribution < 1.29 is 9.53 Å². The summed E-state index contributed by atoms with van der Waals surface area (Å²) in [5.41, 5.74) is 0.558. The number of aliphatic imine (C=N–C) groups is 1. The van der Waals surface area contributed by atoms with Crippen LogP contribution in [0.1, 0.15) is 39.8 Å². The van der Waals surface area contributed by atoms with E-state index in [-0.39, 0.29) is 12.1 Å². The molecule has 0 radical (unpaired) electrons. The Morgan fingerprint density at radius 2 is 2.23 bits per heavy atom. The van der Waals surface area contributed by atoms with Gasteiger partial charge in [0.1, 0.15) is 5.60 Å². The van der Waals surface area contributed by atoms with Crippen LogP contribution >= 0.6 is 0 Å². The molecule has 1 aromatic rings. The number of hydrogen-bond acceptors (Lipinski definition) is 4. The lowest BCUT2D eigenvalue weighted by Gasteiger charge is -2.23. The van der Waals surface area contributed by atoms with Gasteiger partial charge in [-0.2, -0.15) is 0 Å². The predicted molar refractivity (Wildman–Crippen MR) is 103 cm³/mol. The van der Waals surface area contributed by atoms with Gasteiger partial charge in [-0.05, 0) is 46.2 Å². The second kappa shape index (κ2) is 9.40. The van der Waals surface area contributed by atoms with E-state index in [0.29, 0.717) is 6.54 Å². The number of ether oxygens (including phenoxy) is 1. The molecule has 0 bridgehead atoms. The van der Waals surface area contributed by atoms with Crippen LogP contribution in [0.25, 0.3) is 0 Å². The Morgan fingerprint density at radius 1 is 1.42 bits per heavy atom. The fourth-order valence-electron chi connectivity index (χ4n) is 2.79. The molecule has 0 spiro atoms. The van der Waals surface area contributed by atoms with Crippen LogP contribution in [0.5, 0.6) is 0 Å². The summed E-state index contributed by atoms with van der Waals surface area (Å²) in [4.78, 5) is 23.2. The third-order valence-electron chi connectivity index (χ3n) is 3.90.